The van der Waals surface area contributed by atoms with Crippen molar-refractivity contribution in [3.8, 4) is 11.5 Å². The average Bonchev–Trinajstić information content (AvgIpc) is 2.48. The van der Waals surface area contributed by atoms with Gasteiger partial charge in [-0.15, -0.1) is 0 Å². The highest BCUT2D eigenvalue weighted by Gasteiger charge is 2.10. The fourth-order valence-corrected chi connectivity index (χ4v) is 1.79. The molecule has 1 aromatic carbocycles. The maximum Gasteiger partial charge on any atom is 0.336 e. The summed E-state index contributed by atoms with van der Waals surface area (Å²) in [5, 5.41) is 18.3. The van der Waals surface area contributed by atoms with Crippen molar-refractivity contribution < 1.29 is 24.1 Å². The molecule has 0 amide bonds. The number of fused-ring (bicyclic) bond motifs is 1. The summed E-state index contributed by atoms with van der Waals surface area (Å²) in [6.07, 6.45) is 1.00. The van der Waals surface area contributed by atoms with Crippen molar-refractivity contribution in [1.29, 1.82) is 0 Å². The zero-order chi connectivity index (χ0) is 15.1. The summed E-state index contributed by atoms with van der Waals surface area (Å²) in [6.45, 7) is 0.761. The van der Waals surface area contributed by atoms with Crippen molar-refractivity contribution in [1.82, 2.24) is 0 Å². The monoisotopic (exact) mass is 294 g/mol. The van der Waals surface area contributed by atoms with E-state index in [0.717, 1.165) is 5.39 Å². The number of benzene rings is 1. The summed E-state index contributed by atoms with van der Waals surface area (Å²) in [6, 6.07) is 6.32. The predicted octanol–water partition coefficient (Wildman–Crippen LogP) is 1.32. The van der Waals surface area contributed by atoms with Gasteiger partial charge in [-0.1, -0.05) is 0 Å². The summed E-state index contributed by atoms with van der Waals surface area (Å²) in [7, 11) is 0. The highest BCUT2D eigenvalue weighted by atomic mass is 16.5. The van der Waals surface area contributed by atoms with Crippen molar-refractivity contribution in [3.63, 3.8) is 0 Å². The number of hydrogen-bond donors (Lipinski definition) is 2. The molecule has 0 unspecified atom stereocenters. The molecule has 6 nitrogen and oxygen atoms in total. The molecular weight excluding hydrogens is 276 g/mol. The molecule has 1 aromatic heterocycles. The molecule has 2 rings (SSSR count). The second-order valence-corrected chi connectivity index (χ2v) is 4.44. The van der Waals surface area contributed by atoms with E-state index in [1.165, 1.54) is 6.07 Å². The Bertz CT molecular complexity index is 634. The molecule has 0 radical (unpaired) electrons. The minimum absolute atomic E-state index is 0.0311. The average molecular weight is 294 g/mol. The fraction of sp³-hybridized carbons (Fsp3) is 0.400. The Kier molecular flexibility index (Phi) is 5.59. The summed E-state index contributed by atoms with van der Waals surface area (Å²) >= 11 is 0. The molecule has 0 saturated heterocycles. The van der Waals surface area contributed by atoms with Gasteiger partial charge in [0.15, 0.2) is 11.5 Å². The van der Waals surface area contributed by atoms with E-state index in [1.54, 1.807) is 18.2 Å². The largest absolute Gasteiger partial charge is 0.490 e. The van der Waals surface area contributed by atoms with Crippen LogP contribution in [0, 0.1) is 0 Å². The van der Waals surface area contributed by atoms with E-state index >= 15 is 0 Å². The third-order valence-corrected chi connectivity index (χ3v) is 2.81. The van der Waals surface area contributed by atoms with Crippen molar-refractivity contribution in [2.45, 2.75) is 12.8 Å². The molecule has 21 heavy (non-hydrogen) atoms. The zero-order valence-corrected chi connectivity index (χ0v) is 11.6. The Labute approximate surface area is 121 Å². The summed E-state index contributed by atoms with van der Waals surface area (Å²) in [5.41, 5.74) is -0.0197. The van der Waals surface area contributed by atoms with Crippen LogP contribution in [-0.2, 0) is 0 Å². The minimum atomic E-state index is -0.433. The third-order valence-electron chi connectivity index (χ3n) is 2.81. The van der Waals surface area contributed by atoms with Gasteiger partial charge in [-0.25, -0.2) is 4.79 Å². The van der Waals surface area contributed by atoms with E-state index in [0.29, 0.717) is 43.1 Å². The van der Waals surface area contributed by atoms with Crippen LogP contribution in [-0.4, -0.2) is 36.6 Å². The van der Waals surface area contributed by atoms with Crippen molar-refractivity contribution in [2.75, 3.05) is 26.4 Å². The summed E-state index contributed by atoms with van der Waals surface area (Å²) in [5.74, 6) is 0.964. The van der Waals surface area contributed by atoms with Gasteiger partial charge in [-0.3, -0.25) is 0 Å². The SMILES string of the molecule is O=c1ccc2cc(OCCCO)c(OCCCO)cc2o1. The Morgan fingerprint density at radius 1 is 0.952 bits per heavy atom. The van der Waals surface area contributed by atoms with Crippen LogP contribution in [0.15, 0.2) is 33.5 Å². The minimum Gasteiger partial charge on any atom is -0.490 e. The van der Waals surface area contributed by atoms with Crippen LogP contribution in [0.5, 0.6) is 11.5 Å². The number of hydrogen-bond acceptors (Lipinski definition) is 6. The lowest BCUT2D eigenvalue weighted by Gasteiger charge is -2.13. The van der Waals surface area contributed by atoms with Gasteiger partial charge in [0.1, 0.15) is 5.58 Å². The third kappa shape index (κ3) is 4.21. The smallest absolute Gasteiger partial charge is 0.336 e. The van der Waals surface area contributed by atoms with Crippen LogP contribution in [0.25, 0.3) is 11.0 Å². The highest BCUT2D eigenvalue weighted by Crippen LogP contribution is 2.32. The number of rotatable bonds is 8. The van der Waals surface area contributed by atoms with Gasteiger partial charge in [-0.2, -0.15) is 0 Å². The van der Waals surface area contributed by atoms with E-state index in [4.69, 9.17) is 24.1 Å². The fourth-order valence-electron chi connectivity index (χ4n) is 1.79. The van der Waals surface area contributed by atoms with E-state index < -0.39 is 5.63 Å². The van der Waals surface area contributed by atoms with Gasteiger partial charge < -0.3 is 24.1 Å². The first-order chi connectivity index (χ1) is 10.2. The van der Waals surface area contributed by atoms with Gasteiger partial charge in [0, 0.05) is 43.6 Å². The Balaban J connectivity index is 2.29. The van der Waals surface area contributed by atoms with E-state index in [1.807, 2.05) is 0 Å². The van der Waals surface area contributed by atoms with Gasteiger partial charge in [0.05, 0.1) is 13.2 Å². The van der Waals surface area contributed by atoms with Gasteiger partial charge in [-0.05, 0) is 12.1 Å². The predicted molar refractivity (Wildman–Crippen MR) is 76.9 cm³/mol. The first-order valence-electron chi connectivity index (χ1n) is 6.80. The van der Waals surface area contributed by atoms with Gasteiger partial charge >= 0.3 is 5.63 Å². The van der Waals surface area contributed by atoms with Crippen molar-refractivity contribution in [3.05, 3.63) is 34.7 Å². The van der Waals surface area contributed by atoms with Crippen LogP contribution < -0.4 is 15.1 Å². The molecule has 0 atom stereocenters. The van der Waals surface area contributed by atoms with Crippen molar-refractivity contribution in [2.24, 2.45) is 0 Å². The van der Waals surface area contributed by atoms with Crippen LogP contribution >= 0.6 is 0 Å². The molecule has 0 aliphatic carbocycles. The van der Waals surface area contributed by atoms with Gasteiger partial charge in [0.2, 0.25) is 0 Å². The molecule has 1 heterocycles. The second-order valence-electron chi connectivity index (χ2n) is 4.44. The number of aliphatic hydroxyl groups excluding tert-OH is 2. The molecule has 6 heteroatoms. The lowest BCUT2D eigenvalue weighted by atomic mass is 10.2. The lowest BCUT2D eigenvalue weighted by molar-refractivity contribution is 0.211. The first kappa shape index (κ1) is 15.3. The molecule has 0 aliphatic heterocycles. The lowest BCUT2D eigenvalue weighted by Crippen LogP contribution is -2.05. The Morgan fingerprint density at radius 2 is 1.57 bits per heavy atom. The molecular formula is C15H18O6. The highest BCUT2D eigenvalue weighted by molar-refractivity contribution is 5.80. The molecule has 2 aromatic rings. The van der Waals surface area contributed by atoms with Crippen LogP contribution in [0.3, 0.4) is 0 Å². The van der Waals surface area contributed by atoms with E-state index in [2.05, 4.69) is 0 Å². The molecule has 2 N–H and O–H groups in total. The number of ether oxygens (including phenoxy) is 2. The maximum absolute atomic E-state index is 11.3. The molecule has 0 aliphatic rings. The standard InChI is InChI=1S/C15H18O6/c16-5-1-7-19-13-9-11-3-4-15(18)21-12(11)10-14(13)20-8-2-6-17/h3-4,9-10,16-17H,1-2,5-8H2. The van der Waals surface area contributed by atoms with Crippen LogP contribution in [0.2, 0.25) is 0 Å². The second kappa shape index (κ2) is 7.66. The quantitative estimate of drug-likeness (QED) is 0.564. The zero-order valence-electron chi connectivity index (χ0n) is 11.6. The van der Waals surface area contributed by atoms with Crippen LogP contribution in [0.4, 0.5) is 0 Å². The number of aliphatic hydroxyl groups is 2. The summed E-state index contributed by atoms with van der Waals surface area (Å²) in [4.78, 5) is 11.3. The topological polar surface area (TPSA) is 89.1 Å². The van der Waals surface area contributed by atoms with E-state index in [-0.39, 0.29) is 13.2 Å². The molecule has 0 spiro atoms. The van der Waals surface area contributed by atoms with Crippen molar-refractivity contribution >= 4 is 11.0 Å². The van der Waals surface area contributed by atoms with Crippen LogP contribution in [0.1, 0.15) is 12.8 Å². The Hall–Kier alpha value is -2.05. The first-order valence-corrected chi connectivity index (χ1v) is 6.80. The molecule has 0 saturated carbocycles. The molecule has 0 fully saturated rings. The normalized spacial score (nSPS) is 10.8. The Morgan fingerprint density at radius 3 is 2.19 bits per heavy atom. The maximum atomic E-state index is 11.3. The van der Waals surface area contributed by atoms with E-state index in [9.17, 15) is 4.79 Å². The summed E-state index contributed by atoms with van der Waals surface area (Å²) < 4.78 is 16.2. The molecule has 0 bridgehead atoms. The van der Waals surface area contributed by atoms with Gasteiger partial charge in [0.25, 0.3) is 0 Å². The molecule has 114 valence electrons.